The molecule has 0 spiro atoms. The van der Waals surface area contributed by atoms with Crippen molar-refractivity contribution in [3.63, 3.8) is 0 Å². The van der Waals surface area contributed by atoms with Crippen LogP contribution in [-0.4, -0.2) is 33.9 Å². The van der Waals surface area contributed by atoms with Gasteiger partial charge in [0.1, 0.15) is 17.6 Å². The number of primary amides is 1. The van der Waals surface area contributed by atoms with Gasteiger partial charge in [-0.1, -0.05) is 26.8 Å². The van der Waals surface area contributed by atoms with Crippen LogP contribution in [0.1, 0.15) is 44.1 Å². The van der Waals surface area contributed by atoms with E-state index in [2.05, 4.69) is 4.98 Å². The highest BCUT2D eigenvalue weighted by Crippen LogP contribution is 2.34. The van der Waals surface area contributed by atoms with Crippen molar-refractivity contribution in [1.82, 2.24) is 15.0 Å². The second kappa shape index (κ2) is 6.67. The number of amides is 1. The normalized spacial score (nSPS) is 14.8. The quantitative estimate of drug-likeness (QED) is 0.913. The van der Waals surface area contributed by atoms with Gasteiger partial charge in [0.05, 0.1) is 0 Å². The average molecular weight is 353 g/mol. The molecule has 26 heavy (non-hydrogen) atoms. The van der Waals surface area contributed by atoms with E-state index in [1.807, 2.05) is 57.8 Å². The Balaban J connectivity index is 2.13. The minimum absolute atomic E-state index is 0.307. The first-order valence-corrected chi connectivity index (χ1v) is 9.04. The van der Waals surface area contributed by atoms with E-state index in [1.165, 1.54) is 0 Å². The van der Waals surface area contributed by atoms with Crippen LogP contribution in [0.3, 0.4) is 0 Å². The lowest BCUT2D eigenvalue weighted by atomic mass is 9.85. The number of carbonyl (C=O) groups excluding carboxylic acids is 1. The summed E-state index contributed by atoms with van der Waals surface area (Å²) in [6.45, 7) is 8.00. The van der Waals surface area contributed by atoms with Crippen molar-refractivity contribution in [1.29, 1.82) is 0 Å². The lowest BCUT2D eigenvalue weighted by molar-refractivity contribution is -0.121. The van der Waals surface area contributed by atoms with Gasteiger partial charge in [0, 0.05) is 24.0 Å². The lowest BCUT2D eigenvalue weighted by Gasteiger charge is -2.37. The highest BCUT2D eigenvalue weighted by molar-refractivity contribution is 5.84. The Morgan fingerprint density at radius 1 is 1.19 bits per heavy atom. The number of fused-ring (bicyclic) bond motifs is 1. The Bertz CT molecular complexity index is 841. The van der Waals surface area contributed by atoms with Crippen LogP contribution in [0, 0.1) is 12.3 Å². The highest BCUT2D eigenvalue weighted by atomic mass is 16.1. The number of nitrogens with two attached hydrogens (primary N) is 1. The zero-order chi connectivity index (χ0) is 19.1. The van der Waals surface area contributed by atoms with Crippen LogP contribution in [-0.2, 0) is 17.6 Å². The average Bonchev–Trinajstić information content (AvgIpc) is 3.00. The second-order valence-electron chi connectivity index (χ2n) is 8.10. The number of hydrogen-bond acceptors (Lipinski definition) is 5. The van der Waals surface area contributed by atoms with Crippen LogP contribution in [0.15, 0.2) is 18.2 Å². The van der Waals surface area contributed by atoms with Gasteiger partial charge in [-0.15, -0.1) is 0 Å². The zero-order valence-electron chi connectivity index (χ0n) is 16.2. The van der Waals surface area contributed by atoms with Crippen LogP contribution in [0.4, 0.5) is 5.82 Å². The molecule has 6 heteroatoms. The number of pyridine rings is 1. The van der Waals surface area contributed by atoms with E-state index >= 15 is 0 Å². The van der Waals surface area contributed by atoms with Crippen LogP contribution in [0.5, 0.6) is 0 Å². The fourth-order valence-electron chi connectivity index (χ4n) is 3.81. The van der Waals surface area contributed by atoms with Gasteiger partial charge < -0.3 is 10.6 Å². The Morgan fingerprint density at radius 2 is 1.92 bits per heavy atom. The van der Waals surface area contributed by atoms with Crippen molar-refractivity contribution in [2.45, 2.75) is 53.0 Å². The summed E-state index contributed by atoms with van der Waals surface area (Å²) >= 11 is 0. The van der Waals surface area contributed by atoms with Crippen LogP contribution < -0.4 is 10.6 Å². The van der Waals surface area contributed by atoms with E-state index < -0.39 is 6.04 Å². The van der Waals surface area contributed by atoms with Gasteiger partial charge in [-0.25, -0.2) is 15.0 Å². The van der Waals surface area contributed by atoms with Crippen molar-refractivity contribution in [2.24, 2.45) is 11.1 Å². The maximum Gasteiger partial charge on any atom is 0.240 e. The minimum Gasteiger partial charge on any atom is -0.368 e. The van der Waals surface area contributed by atoms with Crippen LogP contribution in [0.25, 0.3) is 11.5 Å². The summed E-state index contributed by atoms with van der Waals surface area (Å²) in [6, 6.07) is 5.37. The summed E-state index contributed by atoms with van der Waals surface area (Å²) in [5.74, 6) is 1.05. The van der Waals surface area contributed by atoms with Crippen molar-refractivity contribution in [2.75, 3.05) is 11.9 Å². The molecule has 0 saturated carbocycles. The fourth-order valence-corrected chi connectivity index (χ4v) is 3.81. The lowest BCUT2D eigenvalue weighted by Crippen LogP contribution is -2.51. The minimum atomic E-state index is -0.458. The Labute approximate surface area is 154 Å². The van der Waals surface area contributed by atoms with E-state index in [0.29, 0.717) is 5.82 Å². The number of nitrogens with zero attached hydrogens (tertiary/aromatic N) is 4. The summed E-state index contributed by atoms with van der Waals surface area (Å²) in [5.41, 5.74) is 9.28. The molecule has 1 aliphatic rings. The third-order valence-corrected chi connectivity index (χ3v) is 4.84. The Morgan fingerprint density at radius 3 is 2.54 bits per heavy atom. The first-order valence-electron chi connectivity index (χ1n) is 9.04. The largest absolute Gasteiger partial charge is 0.368 e. The molecule has 1 aliphatic carbocycles. The third kappa shape index (κ3) is 3.41. The van der Waals surface area contributed by atoms with Gasteiger partial charge in [0.2, 0.25) is 5.91 Å². The molecule has 138 valence electrons. The molecule has 2 aromatic rings. The van der Waals surface area contributed by atoms with Crippen molar-refractivity contribution in [3.8, 4) is 11.5 Å². The number of hydrogen-bond donors (Lipinski definition) is 1. The number of rotatable bonds is 4. The molecule has 3 rings (SSSR count). The number of aromatic nitrogens is 3. The maximum absolute atomic E-state index is 12.2. The van der Waals surface area contributed by atoms with E-state index in [9.17, 15) is 4.79 Å². The number of likely N-dealkylation sites (N-methyl/N-ethyl adjacent to an activating group) is 1. The molecule has 2 N–H and O–H groups in total. The SMILES string of the molecule is Cc1cccc(-c2nc3c(c(N(C)C(C(N)=O)C(C)(C)C)n2)CCC3)n1. The van der Waals surface area contributed by atoms with Crippen LogP contribution >= 0.6 is 0 Å². The standard InChI is InChI=1S/C20H27N5O/c1-12-8-6-11-15(22-12)18-23-14-10-7-9-13(14)19(24-18)25(5)16(17(21)26)20(2,3)4/h6,8,11,16H,7,9-10H2,1-5H3,(H2,21,26). The van der Waals surface area contributed by atoms with Gasteiger partial charge in [0.25, 0.3) is 0 Å². The molecule has 0 radical (unpaired) electrons. The van der Waals surface area contributed by atoms with Crippen molar-refractivity contribution < 1.29 is 4.79 Å². The molecule has 6 nitrogen and oxygen atoms in total. The molecule has 2 heterocycles. The second-order valence-corrected chi connectivity index (χ2v) is 8.10. The maximum atomic E-state index is 12.2. The van der Waals surface area contributed by atoms with Crippen LogP contribution in [0.2, 0.25) is 0 Å². The van der Waals surface area contributed by atoms with Crippen molar-refractivity contribution >= 4 is 11.7 Å². The predicted octanol–water partition coefficient (Wildman–Crippen LogP) is 2.67. The summed E-state index contributed by atoms with van der Waals surface area (Å²) in [5, 5.41) is 0. The molecule has 0 bridgehead atoms. The number of anilines is 1. The van der Waals surface area contributed by atoms with E-state index in [1.54, 1.807) is 0 Å². The molecule has 0 aliphatic heterocycles. The molecule has 1 unspecified atom stereocenters. The number of carbonyl (C=O) groups is 1. The predicted molar refractivity (Wildman–Crippen MR) is 103 cm³/mol. The molecule has 1 amide bonds. The van der Waals surface area contributed by atoms with E-state index in [-0.39, 0.29) is 11.3 Å². The van der Waals surface area contributed by atoms with E-state index in [4.69, 9.17) is 15.7 Å². The summed E-state index contributed by atoms with van der Waals surface area (Å²) in [7, 11) is 1.90. The molecule has 0 fully saturated rings. The molecular formula is C20H27N5O. The van der Waals surface area contributed by atoms with Gasteiger partial charge >= 0.3 is 0 Å². The monoisotopic (exact) mass is 353 g/mol. The first-order chi connectivity index (χ1) is 12.2. The number of aryl methyl sites for hydroxylation is 2. The van der Waals surface area contributed by atoms with Crippen molar-refractivity contribution in [3.05, 3.63) is 35.2 Å². The van der Waals surface area contributed by atoms with Gasteiger partial charge in [-0.2, -0.15) is 0 Å². The molecule has 0 saturated heterocycles. The fraction of sp³-hybridized carbons (Fsp3) is 0.500. The van der Waals surface area contributed by atoms with Gasteiger partial charge in [-0.3, -0.25) is 4.79 Å². The zero-order valence-corrected chi connectivity index (χ0v) is 16.2. The third-order valence-electron chi connectivity index (χ3n) is 4.84. The van der Waals surface area contributed by atoms with E-state index in [0.717, 1.165) is 47.7 Å². The first kappa shape index (κ1) is 18.3. The smallest absolute Gasteiger partial charge is 0.240 e. The summed E-state index contributed by atoms with van der Waals surface area (Å²) in [6.07, 6.45) is 2.90. The summed E-state index contributed by atoms with van der Waals surface area (Å²) in [4.78, 5) is 28.2. The molecule has 2 aromatic heterocycles. The highest BCUT2D eigenvalue weighted by Gasteiger charge is 2.36. The molecule has 0 aromatic carbocycles. The Hall–Kier alpha value is -2.50. The van der Waals surface area contributed by atoms with Gasteiger partial charge in [-0.05, 0) is 43.7 Å². The topological polar surface area (TPSA) is 85.0 Å². The van der Waals surface area contributed by atoms with Gasteiger partial charge in [0.15, 0.2) is 5.82 Å². The molecule has 1 atom stereocenters. The Kier molecular flexibility index (Phi) is 4.69. The molecular weight excluding hydrogens is 326 g/mol. The summed E-state index contributed by atoms with van der Waals surface area (Å²) < 4.78 is 0.